The molecule has 0 saturated heterocycles. The summed E-state index contributed by atoms with van der Waals surface area (Å²) in [6.07, 6.45) is 0.680. The van der Waals surface area contributed by atoms with Gasteiger partial charge in [-0.3, -0.25) is 9.59 Å². The van der Waals surface area contributed by atoms with Crippen molar-refractivity contribution >= 4 is 6.98 Å². The van der Waals surface area contributed by atoms with Gasteiger partial charge in [0.05, 0.1) is 0 Å². The minimum atomic E-state index is -5.11. The van der Waals surface area contributed by atoms with Crippen molar-refractivity contribution in [3.8, 4) is 0 Å². The van der Waals surface area contributed by atoms with Crippen LogP contribution in [0.15, 0.2) is 22.0 Å². The fourth-order valence-electron chi connectivity index (χ4n) is 0.956. The average Bonchev–Trinajstić information content (AvgIpc) is 2.04. The number of aromatic nitrogens is 2. The fourth-order valence-corrected chi connectivity index (χ4v) is 0.956. The lowest BCUT2D eigenvalue weighted by Gasteiger charge is -2.15. The molecule has 4 nitrogen and oxygen atoms in total. The number of nitrogens with zero attached hydrogens (tertiary/aromatic N) is 2. The normalized spacial score (nSPS) is 11.7. The van der Waals surface area contributed by atoms with E-state index in [1.54, 1.807) is 0 Å². The van der Waals surface area contributed by atoms with E-state index in [2.05, 4.69) is 0 Å². The number of halogens is 3. The van der Waals surface area contributed by atoms with Gasteiger partial charge < -0.3 is 22.1 Å². The topological polar surface area (TPSA) is 44.0 Å². The van der Waals surface area contributed by atoms with Crippen LogP contribution in [0.4, 0.5) is 12.9 Å². The van der Waals surface area contributed by atoms with Crippen LogP contribution < -0.4 is 11.1 Å². The van der Waals surface area contributed by atoms with Crippen molar-refractivity contribution in [2.75, 3.05) is 0 Å². The number of hydrogen-bond acceptors (Lipinski definition) is 2. The molecule has 0 saturated carbocycles. The number of hydrogen-bond donors (Lipinski definition) is 0. The summed E-state index contributed by atoms with van der Waals surface area (Å²) in [4.78, 5) is 22.0. The van der Waals surface area contributed by atoms with Crippen molar-refractivity contribution in [3.05, 3.63) is 33.1 Å². The van der Waals surface area contributed by atoms with Gasteiger partial charge in [0, 0.05) is 19.4 Å². The monoisotopic (exact) mass is 207 g/mol. The quantitative estimate of drug-likeness (QED) is 0.503. The minimum Gasteiger partial charge on any atom is -0.448 e. The lowest BCUT2D eigenvalue weighted by atomic mass is 9.92. The number of rotatable bonds is 2. The van der Waals surface area contributed by atoms with Gasteiger partial charge in [-0.25, -0.2) is 0 Å². The third-order valence-corrected chi connectivity index (χ3v) is 1.64. The summed E-state index contributed by atoms with van der Waals surface area (Å²) in [5, 5.41) is 0. The lowest BCUT2D eigenvalue weighted by molar-refractivity contribution is 0.441. The Labute approximate surface area is 76.6 Å². The maximum Gasteiger partial charge on any atom is 0.497 e. The third kappa shape index (κ3) is 2.27. The van der Waals surface area contributed by atoms with Crippen molar-refractivity contribution in [3.63, 3.8) is 0 Å². The van der Waals surface area contributed by atoms with Crippen LogP contribution in [0.2, 0.25) is 0 Å². The second-order valence-electron chi connectivity index (χ2n) is 2.88. The Morgan fingerprint density at radius 1 is 1.21 bits per heavy atom. The predicted octanol–water partition coefficient (Wildman–Crippen LogP) is -0.0664. The van der Waals surface area contributed by atoms with E-state index in [0.717, 1.165) is 17.0 Å². The van der Waals surface area contributed by atoms with Gasteiger partial charge in [-0.15, -0.1) is 0 Å². The van der Waals surface area contributed by atoms with Gasteiger partial charge in [0.1, 0.15) is 0 Å². The van der Waals surface area contributed by atoms with E-state index in [-0.39, 0.29) is 0 Å². The van der Waals surface area contributed by atoms with E-state index in [1.807, 2.05) is 0 Å². The molecule has 0 atom stereocenters. The zero-order valence-corrected chi connectivity index (χ0v) is 7.28. The second kappa shape index (κ2) is 3.35. The van der Waals surface area contributed by atoms with Crippen molar-refractivity contribution in [1.82, 2.24) is 9.13 Å². The molecule has 0 aliphatic carbocycles. The van der Waals surface area contributed by atoms with Crippen LogP contribution in [0.5, 0.6) is 0 Å². The Hall–Kier alpha value is -1.47. The Morgan fingerprint density at radius 2 is 1.79 bits per heavy atom. The lowest BCUT2D eigenvalue weighted by Crippen LogP contribution is -2.42. The Balaban J connectivity index is 3.20. The summed E-state index contributed by atoms with van der Waals surface area (Å²) in [5.41, 5.74) is -2.12. The molecule has 1 aromatic heterocycles. The summed E-state index contributed by atoms with van der Waals surface area (Å²) in [6.45, 7) is -5.11. The van der Waals surface area contributed by atoms with E-state index in [4.69, 9.17) is 0 Å². The third-order valence-electron chi connectivity index (χ3n) is 1.64. The number of aryl methyl sites for hydroxylation is 1. The molecule has 8 heteroatoms. The van der Waals surface area contributed by atoms with Gasteiger partial charge >= 0.3 is 18.1 Å². The van der Waals surface area contributed by atoms with Crippen LogP contribution in [0.1, 0.15) is 0 Å². The largest absolute Gasteiger partial charge is 0.497 e. The molecule has 0 unspecified atom stereocenters. The van der Waals surface area contributed by atoms with E-state index >= 15 is 0 Å². The highest BCUT2D eigenvalue weighted by atomic mass is 19.4. The molecule has 0 aliphatic heterocycles. The van der Waals surface area contributed by atoms with Crippen molar-refractivity contribution in [1.29, 1.82) is 0 Å². The fraction of sp³-hybridized carbons (Fsp3) is 0.333. The second-order valence-corrected chi connectivity index (χ2v) is 2.88. The first kappa shape index (κ1) is 10.6. The SMILES string of the molecule is Cn1ccn(C[B-](F)(F)F)c(=O)c1=O. The highest BCUT2D eigenvalue weighted by Gasteiger charge is 2.24. The molecule has 1 rings (SSSR count). The molecular formula is C6H7BF3N2O2-. The van der Waals surface area contributed by atoms with Gasteiger partial charge in [-0.05, 0) is 6.44 Å². The van der Waals surface area contributed by atoms with E-state index < -0.39 is 24.5 Å². The molecule has 0 aromatic carbocycles. The van der Waals surface area contributed by atoms with Crippen LogP contribution in [-0.4, -0.2) is 16.1 Å². The summed E-state index contributed by atoms with van der Waals surface area (Å²) < 4.78 is 37.1. The molecule has 14 heavy (non-hydrogen) atoms. The van der Waals surface area contributed by atoms with Gasteiger partial charge in [-0.1, -0.05) is 0 Å². The van der Waals surface area contributed by atoms with E-state index in [9.17, 15) is 22.5 Å². The first-order valence-electron chi connectivity index (χ1n) is 3.78. The summed E-state index contributed by atoms with van der Waals surface area (Å²) in [5.74, 6) is 0. The van der Waals surface area contributed by atoms with Crippen LogP contribution in [0.3, 0.4) is 0 Å². The van der Waals surface area contributed by atoms with E-state index in [0.29, 0.717) is 4.57 Å². The Bertz CT molecular complexity index is 448. The highest BCUT2D eigenvalue weighted by molar-refractivity contribution is 6.57. The predicted molar refractivity (Wildman–Crippen MR) is 45.0 cm³/mol. The smallest absolute Gasteiger partial charge is 0.448 e. The average molecular weight is 207 g/mol. The molecule has 0 spiro atoms. The molecule has 0 radical (unpaired) electrons. The van der Waals surface area contributed by atoms with Crippen LogP contribution in [-0.2, 0) is 13.5 Å². The first-order chi connectivity index (χ1) is 6.31. The summed E-state index contributed by atoms with van der Waals surface area (Å²) in [7, 11) is 1.30. The van der Waals surface area contributed by atoms with Gasteiger partial charge in [-0.2, -0.15) is 0 Å². The Kier molecular flexibility index (Phi) is 2.54. The standard InChI is InChI=1S/C6H7BF3N2O2/c1-11-2-3-12(4-7(8,9)10)6(14)5(11)13/h2-3H,4H2,1H3/q-1. The Morgan fingerprint density at radius 3 is 2.29 bits per heavy atom. The van der Waals surface area contributed by atoms with Gasteiger partial charge in [0.15, 0.2) is 0 Å². The van der Waals surface area contributed by atoms with Crippen LogP contribution >= 0.6 is 0 Å². The van der Waals surface area contributed by atoms with E-state index in [1.165, 1.54) is 7.05 Å². The van der Waals surface area contributed by atoms with Crippen LogP contribution in [0, 0.1) is 0 Å². The highest BCUT2D eigenvalue weighted by Crippen LogP contribution is 2.09. The van der Waals surface area contributed by atoms with Gasteiger partial charge in [0.25, 0.3) is 0 Å². The van der Waals surface area contributed by atoms with Crippen molar-refractivity contribution in [2.24, 2.45) is 7.05 Å². The summed E-state index contributed by atoms with van der Waals surface area (Å²) >= 11 is 0. The molecule has 0 aliphatic rings. The molecule has 78 valence electrons. The zero-order chi connectivity index (χ0) is 10.9. The van der Waals surface area contributed by atoms with Crippen molar-refractivity contribution < 1.29 is 12.9 Å². The maximum atomic E-state index is 11.9. The molecular weight excluding hydrogens is 200 g/mol. The summed E-state index contributed by atoms with van der Waals surface area (Å²) in [6, 6.07) is 0. The first-order valence-corrected chi connectivity index (χ1v) is 3.78. The molecule has 1 aromatic rings. The molecule has 0 amide bonds. The molecule has 0 fully saturated rings. The van der Waals surface area contributed by atoms with Crippen LogP contribution in [0.25, 0.3) is 0 Å². The zero-order valence-electron chi connectivity index (χ0n) is 7.28. The molecule has 0 N–H and O–H groups in total. The van der Waals surface area contributed by atoms with Crippen molar-refractivity contribution in [2.45, 2.75) is 6.44 Å². The van der Waals surface area contributed by atoms with Gasteiger partial charge in [0.2, 0.25) is 0 Å². The molecule has 1 heterocycles. The molecule has 0 bridgehead atoms. The minimum absolute atomic E-state index is 0.363. The maximum absolute atomic E-state index is 11.9.